The van der Waals surface area contributed by atoms with Gasteiger partial charge in [0.2, 0.25) is 5.91 Å². The van der Waals surface area contributed by atoms with Crippen LogP contribution in [0.25, 0.3) is 0 Å². The average molecular weight is 520 g/mol. The molecule has 2 aliphatic carbocycles. The summed E-state index contributed by atoms with van der Waals surface area (Å²) in [6.45, 7) is 4.67. The van der Waals surface area contributed by atoms with Crippen LogP contribution in [-0.2, 0) is 16.0 Å². The molecule has 5 unspecified atom stereocenters. The molecule has 1 aromatic carbocycles. The molecule has 0 aliphatic heterocycles. The molecule has 4 rings (SSSR count). The SMILES string of the molecule is COCCNC(=O)CC1c2nc(NC(=O)c3cccc(F)c3)sc2CC2C(C)(CO)C(O)CCC12C. The summed E-state index contributed by atoms with van der Waals surface area (Å²) in [6.07, 6.45) is 1.33. The van der Waals surface area contributed by atoms with E-state index in [-0.39, 0.29) is 41.7 Å². The Labute approximate surface area is 214 Å². The number of carbonyl (C=O) groups excluding carboxylic acids is 2. The lowest BCUT2D eigenvalue weighted by molar-refractivity contribution is -0.144. The van der Waals surface area contributed by atoms with E-state index in [2.05, 4.69) is 17.6 Å². The number of thiazole rings is 1. The highest BCUT2D eigenvalue weighted by Gasteiger charge is 2.59. The third-order valence-corrected chi connectivity index (χ3v) is 9.23. The Hall–Kier alpha value is -2.40. The Morgan fingerprint density at radius 3 is 2.81 bits per heavy atom. The van der Waals surface area contributed by atoms with Gasteiger partial charge in [-0.05, 0) is 48.8 Å². The van der Waals surface area contributed by atoms with E-state index >= 15 is 0 Å². The van der Waals surface area contributed by atoms with Crippen molar-refractivity contribution in [2.45, 2.75) is 51.6 Å². The average Bonchev–Trinajstić information content (AvgIpc) is 3.25. The maximum atomic E-state index is 13.6. The van der Waals surface area contributed by atoms with Gasteiger partial charge in [-0.2, -0.15) is 0 Å². The first-order chi connectivity index (χ1) is 17.1. The number of aromatic nitrogens is 1. The Kier molecular flexibility index (Phi) is 7.80. The maximum Gasteiger partial charge on any atom is 0.257 e. The second-order valence-corrected chi connectivity index (χ2v) is 11.5. The van der Waals surface area contributed by atoms with Gasteiger partial charge >= 0.3 is 0 Å². The summed E-state index contributed by atoms with van der Waals surface area (Å²) >= 11 is 1.33. The zero-order valence-corrected chi connectivity index (χ0v) is 21.7. The van der Waals surface area contributed by atoms with Crippen molar-refractivity contribution in [3.8, 4) is 0 Å². The third kappa shape index (κ3) is 4.91. The van der Waals surface area contributed by atoms with Gasteiger partial charge in [0.1, 0.15) is 5.82 Å². The fraction of sp³-hybridized carbons (Fsp3) is 0.577. The van der Waals surface area contributed by atoms with E-state index < -0.39 is 23.2 Å². The van der Waals surface area contributed by atoms with Gasteiger partial charge in [-0.25, -0.2) is 9.37 Å². The minimum Gasteiger partial charge on any atom is -0.396 e. The van der Waals surface area contributed by atoms with Gasteiger partial charge in [-0.1, -0.05) is 19.9 Å². The van der Waals surface area contributed by atoms with Gasteiger partial charge in [0.05, 0.1) is 25.0 Å². The van der Waals surface area contributed by atoms with E-state index in [9.17, 15) is 24.2 Å². The molecular weight excluding hydrogens is 485 g/mol. The molecule has 2 aromatic rings. The Bertz CT molecular complexity index is 1130. The topological polar surface area (TPSA) is 121 Å². The number of hydrogen-bond acceptors (Lipinski definition) is 7. The summed E-state index contributed by atoms with van der Waals surface area (Å²) in [5.41, 5.74) is -0.161. The van der Waals surface area contributed by atoms with Crippen molar-refractivity contribution < 1.29 is 28.9 Å². The zero-order valence-electron chi connectivity index (χ0n) is 20.8. The molecule has 4 N–H and O–H groups in total. The monoisotopic (exact) mass is 519 g/mol. The number of rotatable bonds is 8. The fourth-order valence-electron chi connectivity index (χ4n) is 6.05. The minimum absolute atomic E-state index is 0.0877. The fourth-order valence-corrected chi connectivity index (χ4v) is 7.11. The molecule has 1 fully saturated rings. The number of hydrogen-bond donors (Lipinski definition) is 4. The van der Waals surface area contributed by atoms with Gasteiger partial charge in [0.25, 0.3) is 5.91 Å². The van der Waals surface area contributed by atoms with Crippen molar-refractivity contribution in [1.82, 2.24) is 10.3 Å². The summed E-state index contributed by atoms with van der Waals surface area (Å²) < 4.78 is 18.6. The van der Waals surface area contributed by atoms with E-state index in [0.717, 1.165) is 10.6 Å². The van der Waals surface area contributed by atoms with Crippen LogP contribution in [0.3, 0.4) is 0 Å². The first-order valence-electron chi connectivity index (χ1n) is 12.2. The number of carbonyl (C=O) groups is 2. The smallest absolute Gasteiger partial charge is 0.257 e. The Morgan fingerprint density at radius 1 is 1.33 bits per heavy atom. The molecule has 2 amide bonds. The van der Waals surface area contributed by atoms with Crippen molar-refractivity contribution in [2.75, 3.05) is 32.2 Å². The van der Waals surface area contributed by atoms with Crippen molar-refractivity contribution in [3.63, 3.8) is 0 Å². The highest BCUT2D eigenvalue weighted by atomic mass is 32.1. The van der Waals surface area contributed by atoms with Crippen molar-refractivity contribution in [1.29, 1.82) is 0 Å². The van der Waals surface area contributed by atoms with E-state index in [0.29, 0.717) is 37.5 Å². The third-order valence-electron chi connectivity index (χ3n) is 8.22. The molecule has 2 aliphatic rings. The number of methoxy groups -OCH3 is 1. The second-order valence-electron chi connectivity index (χ2n) is 10.4. The second kappa shape index (κ2) is 10.5. The van der Waals surface area contributed by atoms with Crippen LogP contribution in [0.15, 0.2) is 24.3 Å². The number of aliphatic hydroxyl groups is 2. The molecule has 0 bridgehead atoms. The lowest BCUT2D eigenvalue weighted by atomic mass is 9.47. The molecule has 10 heteroatoms. The molecule has 196 valence electrons. The summed E-state index contributed by atoms with van der Waals surface area (Å²) in [5, 5.41) is 27.3. The number of fused-ring (bicyclic) bond motifs is 2. The maximum absolute atomic E-state index is 13.6. The molecule has 1 heterocycles. The standard InChI is InChI=1S/C26H34FN3O5S/c1-25-8-7-20(32)26(2,14-31)19(25)13-18-22(17(25)12-21(33)28-9-10-35-3)29-24(36-18)30-23(34)15-5-4-6-16(27)11-15/h4-6,11,17,19-20,31-32H,7-10,12-14H2,1-3H3,(H,28,33)(H,29,30,34). The van der Waals surface area contributed by atoms with Crippen LogP contribution in [-0.4, -0.2) is 60.0 Å². The van der Waals surface area contributed by atoms with Crippen molar-refractivity contribution >= 4 is 28.3 Å². The summed E-state index contributed by atoms with van der Waals surface area (Å²) in [7, 11) is 1.57. The van der Waals surface area contributed by atoms with Gasteiger partial charge < -0.3 is 20.3 Å². The van der Waals surface area contributed by atoms with Crippen LogP contribution < -0.4 is 10.6 Å². The molecule has 0 spiro atoms. The van der Waals surface area contributed by atoms with Crippen LogP contribution in [0.2, 0.25) is 0 Å². The predicted octanol–water partition coefficient (Wildman–Crippen LogP) is 3.10. The first-order valence-corrected chi connectivity index (χ1v) is 13.0. The molecule has 36 heavy (non-hydrogen) atoms. The first kappa shape index (κ1) is 26.7. The Balaban J connectivity index is 1.68. The number of ether oxygens (including phenoxy) is 1. The van der Waals surface area contributed by atoms with Crippen LogP contribution >= 0.6 is 11.3 Å². The van der Waals surface area contributed by atoms with Gasteiger partial charge in [-0.15, -0.1) is 11.3 Å². The number of benzene rings is 1. The molecular formula is C26H34FN3O5S. The number of halogens is 1. The predicted molar refractivity (Wildman–Crippen MR) is 134 cm³/mol. The molecule has 0 radical (unpaired) electrons. The molecule has 0 saturated heterocycles. The van der Waals surface area contributed by atoms with Crippen molar-refractivity contribution in [3.05, 3.63) is 46.2 Å². The van der Waals surface area contributed by atoms with E-state index in [1.54, 1.807) is 7.11 Å². The molecule has 1 saturated carbocycles. The number of amides is 2. The van der Waals surface area contributed by atoms with Crippen molar-refractivity contribution in [2.24, 2.45) is 16.7 Å². The van der Waals surface area contributed by atoms with Gasteiger partial charge in [0, 0.05) is 41.8 Å². The summed E-state index contributed by atoms with van der Waals surface area (Å²) in [6, 6.07) is 5.44. The van der Waals surface area contributed by atoms with Crippen LogP contribution in [0.4, 0.5) is 9.52 Å². The minimum atomic E-state index is -0.732. The normalized spacial score (nSPS) is 29.2. The van der Waals surface area contributed by atoms with Crippen LogP contribution in [0.1, 0.15) is 60.0 Å². The summed E-state index contributed by atoms with van der Waals surface area (Å²) in [5.74, 6) is -1.44. The number of aliphatic hydroxyl groups excluding tert-OH is 2. The number of nitrogens with zero attached hydrogens (tertiary/aromatic N) is 1. The molecule has 5 atom stereocenters. The van der Waals surface area contributed by atoms with Gasteiger partial charge in [0.15, 0.2) is 5.13 Å². The highest BCUT2D eigenvalue weighted by molar-refractivity contribution is 7.15. The summed E-state index contributed by atoms with van der Waals surface area (Å²) in [4.78, 5) is 31.3. The van der Waals surface area contributed by atoms with Crippen LogP contribution in [0, 0.1) is 22.6 Å². The largest absolute Gasteiger partial charge is 0.396 e. The molecule has 8 nitrogen and oxygen atoms in total. The van der Waals surface area contributed by atoms with Gasteiger partial charge in [-0.3, -0.25) is 14.9 Å². The Morgan fingerprint density at radius 2 is 2.11 bits per heavy atom. The molecule has 1 aromatic heterocycles. The van der Waals surface area contributed by atoms with Crippen LogP contribution in [0.5, 0.6) is 0 Å². The zero-order chi connectivity index (χ0) is 26.1. The quantitative estimate of drug-likeness (QED) is 0.398. The van der Waals surface area contributed by atoms with E-state index in [1.165, 1.54) is 35.6 Å². The lowest BCUT2D eigenvalue weighted by Gasteiger charge is -2.58. The highest BCUT2D eigenvalue weighted by Crippen LogP contribution is 2.62. The number of nitrogens with one attached hydrogen (secondary N) is 2. The van der Waals surface area contributed by atoms with E-state index in [4.69, 9.17) is 9.72 Å². The lowest BCUT2D eigenvalue weighted by Crippen LogP contribution is -2.57. The number of anilines is 1. The van der Waals surface area contributed by atoms with E-state index in [1.807, 2.05) is 6.92 Å².